The summed E-state index contributed by atoms with van der Waals surface area (Å²) >= 11 is 0. The monoisotopic (exact) mass is 360 g/mol. The minimum atomic E-state index is -0.583. The fourth-order valence-corrected chi connectivity index (χ4v) is 3.44. The van der Waals surface area contributed by atoms with E-state index in [1.54, 1.807) is 13.0 Å². The molecule has 2 aromatic rings. The first-order valence-electron chi connectivity index (χ1n) is 8.74. The lowest BCUT2D eigenvalue weighted by atomic mass is 10.0. The predicted octanol–water partition coefficient (Wildman–Crippen LogP) is -0.779. The average Bonchev–Trinajstić information content (AvgIpc) is 2.62. The number of hydrogen-bond donors (Lipinski definition) is 1. The molecule has 2 heterocycles. The summed E-state index contributed by atoms with van der Waals surface area (Å²) in [6.07, 6.45) is -0.140. The van der Waals surface area contributed by atoms with E-state index in [-0.39, 0.29) is 17.7 Å². The first-order valence-corrected chi connectivity index (χ1v) is 8.74. The minimum absolute atomic E-state index is 0.118. The first-order chi connectivity index (χ1) is 12.4. The van der Waals surface area contributed by atoms with Gasteiger partial charge < -0.3 is 19.2 Å². The molecule has 1 aromatic heterocycles. The second-order valence-electron chi connectivity index (χ2n) is 6.89. The van der Waals surface area contributed by atoms with Gasteiger partial charge in [0.25, 0.3) is 0 Å². The van der Waals surface area contributed by atoms with Gasteiger partial charge in [-0.3, -0.25) is 9.69 Å². The smallest absolute Gasteiger partial charge is 0.340 e. The molecular weight excluding hydrogens is 336 g/mol. The van der Waals surface area contributed by atoms with E-state index < -0.39 is 11.6 Å². The van der Waals surface area contributed by atoms with Crippen molar-refractivity contribution in [1.29, 1.82) is 0 Å². The van der Waals surface area contributed by atoms with Gasteiger partial charge in [-0.1, -0.05) is 17.9 Å². The zero-order valence-corrected chi connectivity index (χ0v) is 15.4. The van der Waals surface area contributed by atoms with E-state index in [0.29, 0.717) is 28.6 Å². The molecule has 0 radical (unpaired) electrons. The molecule has 0 atom stereocenters. The summed E-state index contributed by atoms with van der Waals surface area (Å²) in [6, 6.07) is 3.18. The van der Waals surface area contributed by atoms with Crippen LogP contribution in [0.4, 0.5) is 0 Å². The van der Waals surface area contributed by atoms with Gasteiger partial charge in [0.2, 0.25) is 0 Å². The highest BCUT2D eigenvalue weighted by Gasteiger charge is 2.21. The molecule has 1 aliphatic heterocycles. The molecule has 0 aliphatic carbocycles. The Hall–Kier alpha value is -2.38. The van der Waals surface area contributed by atoms with Crippen LogP contribution in [0, 0.1) is 6.92 Å². The normalized spacial score (nSPS) is 16.1. The molecule has 7 nitrogen and oxygen atoms in total. The summed E-state index contributed by atoms with van der Waals surface area (Å²) in [6.45, 7) is 6.13. The molecule has 0 unspecified atom stereocenters. The van der Waals surface area contributed by atoms with Crippen LogP contribution in [0.25, 0.3) is 11.0 Å². The molecule has 1 N–H and O–H groups in total. The highest BCUT2D eigenvalue weighted by Crippen LogP contribution is 2.27. The SMILES string of the molecule is COC(=O)Cc1c(C)c2ccc([O-])c(C[NH+]3CCN(C)CC3)c2oc1=O. The highest BCUT2D eigenvalue weighted by atomic mass is 16.5. The third kappa shape index (κ3) is 3.59. The van der Waals surface area contributed by atoms with Crippen LogP contribution in [0.3, 0.4) is 0 Å². The van der Waals surface area contributed by atoms with Crippen LogP contribution >= 0.6 is 0 Å². The quantitative estimate of drug-likeness (QED) is 0.569. The molecule has 0 saturated carbocycles. The Morgan fingerprint density at radius 2 is 2.00 bits per heavy atom. The van der Waals surface area contributed by atoms with Gasteiger partial charge >= 0.3 is 11.6 Å². The summed E-state index contributed by atoms with van der Waals surface area (Å²) < 4.78 is 10.2. The number of fused-ring (bicyclic) bond motifs is 1. The number of hydrogen-bond acceptors (Lipinski definition) is 6. The number of esters is 1. The Morgan fingerprint density at radius 1 is 1.31 bits per heavy atom. The number of nitrogens with zero attached hydrogens (tertiary/aromatic N) is 1. The van der Waals surface area contributed by atoms with Gasteiger partial charge in [0.1, 0.15) is 12.1 Å². The molecule has 0 bridgehead atoms. The van der Waals surface area contributed by atoms with Crippen molar-refractivity contribution in [3.63, 3.8) is 0 Å². The average molecular weight is 360 g/mol. The maximum absolute atomic E-state index is 12.4. The third-order valence-corrected chi connectivity index (χ3v) is 5.19. The molecule has 3 rings (SSSR count). The van der Waals surface area contributed by atoms with E-state index >= 15 is 0 Å². The van der Waals surface area contributed by atoms with Crippen LogP contribution in [0.5, 0.6) is 5.75 Å². The van der Waals surface area contributed by atoms with Gasteiger partial charge in [-0.2, -0.15) is 0 Å². The van der Waals surface area contributed by atoms with Crippen molar-refractivity contribution < 1.29 is 24.0 Å². The van der Waals surface area contributed by atoms with Crippen LogP contribution in [-0.2, 0) is 22.5 Å². The molecule has 0 spiro atoms. The lowest BCUT2D eigenvalue weighted by Gasteiger charge is -2.30. The maximum Gasteiger partial charge on any atom is 0.340 e. The van der Waals surface area contributed by atoms with Crippen molar-refractivity contribution in [3.8, 4) is 5.75 Å². The van der Waals surface area contributed by atoms with Gasteiger partial charge in [-0.25, -0.2) is 4.79 Å². The summed E-state index contributed by atoms with van der Waals surface area (Å²) in [7, 11) is 3.36. The summed E-state index contributed by atoms with van der Waals surface area (Å²) in [5.41, 5.74) is 1.24. The lowest BCUT2D eigenvalue weighted by Crippen LogP contribution is -3.13. The number of likely N-dealkylation sites (N-methyl/N-ethyl adjacent to an activating group) is 1. The Bertz CT molecular complexity index is 882. The number of ether oxygens (including phenoxy) is 1. The summed E-state index contributed by atoms with van der Waals surface area (Å²) in [5.74, 6) is -0.616. The molecule has 1 fully saturated rings. The van der Waals surface area contributed by atoms with Crippen molar-refractivity contribution in [2.45, 2.75) is 19.9 Å². The van der Waals surface area contributed by atoms with Crippen molar-refractivity contribution in [2.75, 3.05) is 40.3 Å². The number of carbonyl (C=O) groups excluding carboxylic acids is 1. The second-order valence-corrected chi connectivity index (χ2v) is 6.89. The van der Waals surface area contributed by atoms with Crippen LogP contribution in [-0.4, -0.2) is 51.2 Å². The van der Waals surface area contributed by atoms with Crippen LogP contribution in [0.2, 0.25) is 0 Å². The van der Waals surface area contributed by atoms with Gasteiger partial charge in [-0.05, 0) is 19.5 Å². The van der Waals surface area contributed by atoms with E-state index in [1.165, 1.54) is 18.1 Å². The fraction of sp³-hybridized carbons (Fsp3) is 0.474. The van der Waals surface area contributed by atoms with Crippen molar-refractivity contribution in [3.05, 3.63) is 39.2 Å². The van der Waals surface area contributed by atoms with Crippen LogP contribution in [0.1, 0.15) is 16.7 Å². The van der Waals surface area contributed by atoms with E-state index in [0.717, 1.165) is 26.2 Å². The van der Waals surface area contributed by atoms with Gasteiger partial charge in [0.05, 0.1) is 32.2 Å². The number of piperazine rings is 1. The molecule has 1 saturated heterocycles. The zero-order valence-electron chi connectivity index (χ0n) is 15.4. The lowest BCUT2D eigenvalue weighted by molar-refractivity contribution is -0.918. The van der Waals surface area contributed by atoms with Gasteiger partial charge in [0.15, 0.2) is 0 Å². The highest BCUT2D eigenvalue weighted by molar-refractivity contribution is 5.86. The molecule has 1 aliphatic rings. The Morgan fingerprint density at radius 3 is 2.65 bits per heavy atom. The second kappa shape index (κ2) is 7.47. The van der Waals surface area contributed by atoms with Crippen molar-refractivity contribution in [2.24, 2.45) is 0 Å². The molecule has 0 amide bonds. The maximum atomic E-state index is 12.4. The number of benzene rings is 1. The Balaban J connectivity index is 2.02. The largest absolute Gasteiger partial charge is 0.872 e. The fourth-order valence-electron chi connectivity index (χ4n) is 3.44. The number of aryl methyl sites for hydroxylation is 1. The minimum Gasteiger partial charge on any atom is -0.872 e. The summed E-state index contributed by atoms with van der Waals surface area (Å²) in [4.78, 5) is 27.5. The molecule has 1 aromatic carbocycles. The van der Waals surface area contributed by atoms with Gasteiger partial charge in [-0.15, -0.1) is 0 Å². The number of nitrogens with one attached hydrogen (secondary N) is 1. The van der Waals surface area contributed by atoms with Crippen molar-refractivity contribution >= 4 is 16.9 Å². The van der Waals surface area contributed by atoms with E-state index in [4.69, 9.17) is 4.42 Å². The first kappa shape index (κ1) is 18.4. The topological polar surface area (TPSA) is 87.2 Å². The van der Waals surface area contributed by atoms with Gasteiger partial charge in [0, 0.05) is 24.0 Å². The summed E-state index contributed by atoms with van der Waals surface area (Å²) in [5, 5.41) is 13.1. The third-order valence-electron chi connectivity index (χ3n) is 5.19. The van der Waals surface area contributed by atoms with Crippen LogP contribution in [0.15, 0.2) is 21.3 Å². The van der Waals surface area contributed by atoms with E-state index in [1.807, 2.05) is 0 Å². The number of quaternary nitrogens is 1. The molecule has 7 heteroatoms. The van der Waals surface area contributed by atoms with Crippen LogP contribution < -0.4 is 15.6 Å². The van der Waals surface area contributed by atoms with E-state index in [9.17, 15) is 14.7 Å². The molecule has 140 valence electrons. The van der Waals surface area contributed by atoms with Crippen molar-refractivity contribution in [1.82, 2.24) is 4.90 Å². The zero-order chi connectivity index (χ0) is 18.8. The number of carbonyl (C=O) groups is 1. The number of methoxy groups -OCH3 is 1. The standard InChI is InChI=1S/C19H24N2O5/c1-12-13-4-5-16(22)15(11-21-8-6-20(2)7-9-21)18(13)26-19(24)14(12)10-17(23)25-3/h4-5,22H,6-11H2,1-3H3. The van der Waals surface area contributed by atoms with E-state index in [2.05, 4.69) is 16.7 Å². The predicted molar refractivity (Wildman–Crippen MR) is 94.3 cm³/mol. The Labute approximate surface area is 151 Å². The molecular formula is C19H24N2O5. The Kier molecular flexibility index (Phi) is 5.29. The number of rotatable bonds is 4. The molecule has 26 heavy (non-hydrogen) atoms.